The van der Waals surface area contributed by atoms with Crippen LogP contribution in [0.2, 0.25) is 18.1 Å². The summed E-state index contributed by atoms with van der Waals surface area (Å²) in [6, 6.07) is 8.06. The first kappa shape index (κ1) is 22.3. The van der Waals surface area contributed by atoms with E-state index in [1.807, 2.05) is 32.0 Å². The molecule has 6 heteroatoms. The van der Waals surface area contributed by atoms with Crippen LogP contribution in [0, 0.1) is 0 Å². The second-order valence-electron chi connectivity index (χ2n) is 7.92. The molecule has 144 valence electrons. The minimum atomic E-state index is -3.48. The molecule has 1 aliphatic rings. The molecular formula is C19H34O4SSi. The second-order valence-corrected chi connectivity index (χ2v) is 14.3. The maximum absolute atomic E-state index is 11.6. The predicted octanol–water partition coefficient (Wildman–Crippen LogP) is 4.72. The van der Waals surface area contributed by atoms with Gasteiger partial charge in [-0.05, 0) is 29.3 Å². The molecule has 1 aliphatic carbocycles. The van der Waals surface area contributed by atoms with Gasteiger partial charge in [0.1, 0.15) is 0 Å². The fraction of sp³-hybridized carbons (Fsp3) is 0.684. The van der Waals surface area contributed by atoms with Gasteiger partial charge >= 0.3 is 0 Å². The zero-order chi connectivity index (χ0) is 19.5. The summed E-state index contributed by atoms with van der Waals surface area (Å²) >= 11 is 0. The van der Waals surface area contributed by atoms with Crippen LogP contribution in [0.1, 0.15) is 51.7 Å². The topological polar surface area (TPSA) is 52.6 Å². The van der Waals surface area contributed by atoms with Crippen LogP contribution in [0.15, 0.2) is 24.3 Å². The minimum absolute atomic E-state index is 0.0324. The van der Waals surface area contributed by atoms with Gasteiger partial charge in [0.2, 0.25) is 0 Å². The Balaban J connectivity index is 0.00000151. The first-order valence-corrected chi connectivity index (χ1v) is 13.7. The van der Waals surface area contributed by atoms with Gasteiger partial charge in [-0.1, -0.05) is 58.9 Å². The second kappa shape index (κ2) is 8.33. The third-order valence-corrected chi connectivity index (χ3v) is 10.2. The molecule has 0 fully saturated rings. The molecule has 0 saturated carbocycles. The van der Waals surface area contributed by atoms with Crippen LogP contribution in [0.25, 0.3) is 0 Å². The van der Waals surface area contributed by atoms with Crippen LogP contribution in [-0.2, 0) is 25.1 Å². The molecular weight excluding hydrogens is 352 g/mol. The highest BCUT2D eigenvalue weighted by molar-refractivity contribution is 7.86. The Morgan fingerprint density at radius 3 is 2.24 bits per heavy atom. The summed E-state index contributed by atoms with van der Waals surface area (Å²) in [5, 5.41) is 0.123. The van der Waals surface area contributed by atoms with E-state index in [1.165, 1.54) is 0 Å². The van der Waals surface area contributed by atoms with Gasteiger partial charge < -0.3 is 4.43 Å². The average molecular weight is 387 g/mol. The molecule has 0 bridgehead atoms. The van der Waals surface area contributed by atoms with Crippen LogP contribution < -0.4 is 0 Å². The van der Waals surface area contributed by atoms with Crippen molar-refractivity contribution in [1.82, 2.24) is 0 Å². The Hall–Kier alpha value is -0.693. The van der Waals surface area contributed by atoms with E-state index >= 15 is 0 Å². The van der Waals surface area contributed by atoms with Gasteiger partial charge in [0.15, 0.2) is 8.32 Å². The molecule has 1 aromatic carbocycles. The van der Waals surface area contributed by atoms with Gasteiger partial charge in [0.25, 0.3) is 10.1 Å². The van der Waals surface area contributed by atoms with Crippen molar-refractivity contribution in [2.75, 3.05) is 12.9 Å². The Morgan fingerprint density at radius 2 is 1.72 bits per heavy atom. The molecule has 2 unspecified atom stereocenters. The lowest BCUT2D eigenvalue weighted by atomic mass is 10.0. The van der Waals surface area contributed by atoms with Crippen molar-refractivity contribution in [2.45, 2.75) is 71.2 Å². The largest absolute Gasteiger partial charge is 0.416 e. The molecule has 0 aromatic heterocycles. The molecule has 2 rings (SSSR count). The first-order chi connectivity index (χ1) is 11.4. The molecule has 0 amide bonds. The summed E-state index contributed by atoms with van der Waals surface area (Å²) in [4.78, 5) is 0. The van der Waals surface area contributed by atoms with Crippen molar-refractivity contribution in [1.29, 1.82) is 0 Å². The Kier molecular flexibility index (Phi) is 7.45. The summed E-state index contributed by atoms with van der Waals surface area (Å²) < 4.78 is 34.9. The van der Waals surface area contributed by atoms with Crippen LogP contribution >= 0.6 is 0 Å². The average Bonchev–Trinajstić information content (AvgIpc) is 2.81. The van der Waals surface area contributed by atoms with Gasteiger partial charge in [-0.15, -0.1) is 0 Å². The number of hydrogen-bond acceptors (Lipinski definition) is 4. The van der Waals surface area contributed by atoms with E-state index < -0.39 is 18.4 Å². The first-order valence-electron chi connectivity index (χ1n) is 9.01. The molecule has 0 heterocycles. The van der Waals surface area contributed by atoms with Crippen molar-refractivity contribution in [3.05, 3.63) is 35.4 Å². The number of benzene rings is 1. The molecule has 0 aliphatic heterocycles. The van der Waals surface area contributed by atoms with E-state index in [2.05, 4.69) is 39.9 Å². The minimum Gasteiger partial charge on any atom is -0.416 e. The van der Waals surface area contributed by atoms with E-state index in [0.717, 1.165) is 17.4 Å². The van der Waals surface area contributed by atoms with E-state index in [1.54, 1.807) is 0 Å². The highest BCUT2D eigenvalue weighted by Gasteiger charge is 2.41. The fourth-order valence-electron chi connectivity index (χ4n) is 2.68. The van der Waals surface area contributed by atoms with Crippen molar-refractivity contribution in [2.24, 2.45) is 0 Å². The van der Waals surface area contributed by atoms with Crippen LogP contribution in [0.3, 0.4) is 0 Å². The summed E-state index contributed by atoms with van der Waals surface area (Å²) in [6.07, 6.45) is 1.36. The smallest absolute Gasteiger partial charge is 0.264 e. The van der Waals surface area contributed by atoms with Crippen LogP contribution in [-0.4, -0.2) is 35.7 Å². The Morgan fingerprint density at radius 1 is 1.16 bits per heavy atom. The van der Waals surface area contributed by atoms with Crippen molar-refractivity contribution >= 4 is 18.4 Å². The van der Waals surface area contributed by atoms with E-state index in [4.69, 9.17) is 8.61 Å². The highest BCUT2D eigenvalue weighted by atomic mass is 32.2. The lowest BCUT2D eigenvalue weighted by Crippen LogP contribution is -2.42. The molecule has 25 heavy (non-hydrogen) atoms. The Labute approximate surface area is 155 Å². The molecule has 2 atom stereocenters. The molecule has 4 nitrogen and oxygen atoms in total. The molecule has 0 N–H and O–H groups in total. The van der Waals surface area contributed by atoms with Crippen molar-refractivity contribution < 1.29 is 17.0 Å². The van der Waals surface area contributed by atoms with E-state index in [-0.39, 0.29) is 17.1 Å². The summed E-state index contributed by atoms with van der Waals surface area (Å²) in [5.41, 5.74) is 2.31. The van der Waals surface area contributed by atoms with Crippen molar-refractivity contribution in [3.63, 3.8) is 0 Å². The zero-order valence-electron chi connectivity index (χ0n) is 16.9. The van der Waals surface area contributed by atoms with Crippen molar-refractivity contribution in [3.8, 4) is 0 Å². The molecule has 1 aromatic rings. The van der Waals surface area contributed by atoms with Crippen LogP contribution in [0.4, 0.5) is 0 Å². The lowest BCUT2D eigenvalue weighted by molar-refractivity contribution is 0.149. The summed E-state index contributed by atoms with van der Waals surface area (Å²) in [5.74, 6) is -0.0324. The van der Waals surface area contributed by atoms with Gasteiger partial charge in [-0.25, -0.2) is 0 Å². The third-order valence-electron chi connectivity index (χ3n) is 5.05. The maximum atomic E-state index is 11.6. The predicted molar refractivity (Wildman–Crippen MR) is 107 cm³/mol. The number of hydrogen-bond donors (Lipinski definition) is 0. The highest BCUT2D eigenvalue weighted by Crippen LogP contribution is 2.40. The molecule has 0 saturated heterocycles. The SMILES string of the molecule is CC.CC(C)(C)[Si](C)(C)OCC1c2ccccc2CC1OS(C)(=O)=O. The third kappa shape index (κ3) is 5.91. The summed E-state index contributed by atoms with van der Waals surface area (Å²) in [6.45, 7) is 15.5. The lowest BCUT2D eigenvalue weighted by Gasteiger charge is -2.37. The zero-order valence-corrected chi connectivity index (χ0v) is 18.7. The standard InChI is InChI=1S/C17H28O4SSi.C2H6/c1-17(2,3)23(5,6)20-12-15-14-10-8-7-9-13(14)11-16(15)21-22(4,18)19;1-2/h7-10,15-16H,11-12H2,1-6H3;1-2H3. The fourth-order valence-corrected chi connectivity index (χ4v) is 4.36. The quantitative estimate of drug-likeness (QED) is 0.543. The number of rotatable bonds is 5. The van der Waals surface area contributed by atoms with E-state index in [0.29, 0.717) is 13.0 Å². The van der Waals surface area contributed by atoms with Gasteiger partial charge in [0.05, 0.1) is 12.4 Å². The molecule has 0 radical (unpaired) electrons. The number of fused-ring (bicyclic) bond motifs is 1. The maximum Gasteiger partial charge on any atom is 0.264 e. The Bertz CT molecular complexity index is 662. The summed E-state index contributed by atoms with van der Waals surface area (Å²) in [7, 11) is -5.37. The van der Waals surface area contributed by atoms with Gasteiger partial charge in [-0.2, -0.15) is 8.42 Å². The molecule has 0 spiro atoms. The van der Waals surface area contributed by atoms with Gasteiger partial charge in [-0.3, -0.25) is 4.18 Å². The monoisotopic (exact) mass is 386 g/mol. The van der Waals surface area contributed by atoms with Gasteiger partial charge in [0, 0.05) is 18.9 Å². The van der Waals surface area contributed by atoms with E-state index in [9.17, 15) is 8.42 Å². The normalized spacial score (nSPS) is 20.6. The van der Waals surface area contributed by atoms with Crippen LogP contribution in [0.5, 0.6) is 0 Å².